The molecule has 6 heteroatoms. The first-order chi connectivity index (χ1) is 20.6. The zero-order valence-electron chi connectivity index (χ0n) is 24.0. The predicted molar refractivity (Wildman–Crippen MR) is 167 cm³/mol. The number of hydrogen-bond acceptors (Lipinski definition) is 4. The van der Waals surface area contributed by atoms with Gasteiger partial charge in [0, 0.05) is 13.0 Å². The van der Waals surface area contributed by atoms with Crippen molar-refractivity contribution in [1.82, 2.24) is 10.2 Å². The normalized spacial score (nSPS) is 16.7. The van der Waals surface area contributed by atoms with Crippen LogP contribution in [0.4, 0.5) is 0 Å². The van der Waals surface area contributed by atoms with E-state index in [0.717, 1.165) is 52.8 Å². The first kappa shape index (κ1) is 29.1. The number of rotatable bonds is 13. The summed E-state index contributed by atoms with van der Waals surface area (Å²) in [5, 5.41) is 3.03. The molecule has 1 fully saturated rings. The molecule has 5 rings (SSSR count). The number of benzene rings is 4. The van der Waals surface area contributed by atoms with Crippen molar-refractivity contribution >= 4 is 11.8 Å². The van der Waals surface area contributed by atoms with Gasteiger partial charge < -0.3 is 20.7 Å². The maximum absolute atomic E-state index is 13.9. The highest BCUT2D eigenvalue weighted by Gasteiger charge is 2.40. The second-order valence-corrected chi connectivity index (χ2v) is 10.9. The minimum atomic E-state index is -0.613. The number of nitrogens with one attached hydrogen (secondary N) is 1. The largest absolute Gasteiger partial charge is 0.489 e. The number of amides is 2. The smallest absolute Gasteiger partial charge is 0.246 e. The first-order valence-corrected chi connectivity index (χ1v) is 14.8. The summed E-state index contributed by atoms with van der Waals surface area (Å²) in [4.78, 5) is 29.0. The maximum atomic E-state index is 13.9. The van der Waals surface area contributed by atoms with Gasteiger partial charge in [0.2, 0.25) is 11.8 Å². The van der Waals surface area contributed by atoms with Gasteiger partial charge in [-0.3, -0.25) is 9.59 Å². The summed E-state index contributed by atoms with van der Waals surface area (Å²) >= 11 is 0. The van der Waals surface area contributed by atoms with E-state index in [1.807, 2.05) is 72.8 Å². The summed E-state index contributed by atoms with van der Waals surface area (Å²) in [6.45, 7) is 1.52. The Morgan fingerprint density at radius 3 is 2.02 bits per heavy atom. The minimum Gasteiger partial charge on any atom is -0.489 e. The van der Waals surface area contributed by atoms with Gasteiger partial charge in [0.25, 0.3) is 0 Å². The fourth-order valence-corrected chi connectivity index (χ4v) is 5.43. The average molecular weight is 562 g/mol. The molecular weight excluding hydrogens is 522 g/mol. The van der Waals surface area contributed by atoms with Gasteiger partial charge >= 0.3 is 0 Å². The van der Waals surface area contributed by atoms with Crippen LogP contribution in [-0.4, -0.2) is 35.3 Å². The van der Waals surface area contributed by atoms with Crippen LogP contribution in [0.2, 0.25) is 0 Å². The van der Waals surface area contributed by atoms with Gasteiger partial charge in [0.15, 0.2) is 0 Å². The molecule has 0 saturated carbocycles. The van der Waals surface area contributed by atoms with E-state index in [2.05, 4.69) is 41.7 Å². The molecule has 2 atom stereocenters. The van der Waals surface area contributed by atoms with E-state index in [1.54, 1.807) is 4.90 Å². The predicted octanol–water partition coefficient (Wildman–Crippen LogP) is 5.89. The van der Waals surface area contributed by atoms with Crippen LogP contribution in [0.5, 0.6) is 5.75 Å². The summed E-state index contributed by atoms with van der Waals surface area (Å²) in [5.74, 6) is 0.630. The van der Waals surface area contributed by atoms with Crippen LogP contribution in [0.3, 0.4) is 0 Å². The fourth-order valence-electron chi connectivity index (χ4n) is 5.43. The molecule has 1 aliphatic rings. The molecule has 0 radical (unpaired) electrons. The van der Waals surface area contributed by atoms with Crippen molar-refractivity contribution < 1.29 is 14.3 Å². The Kier molecular flexibility index (Phi) is 10.0. The van der Waals surface area contributed by atoms with Crippen molar-refractivity contribution in [2.24, 2.45) is 5.73 Å². The maximum Gasteiger partial charge on any atom is 0.246 e. The molecule has 42 heavy (non-hydrogen) atoms. The molecule has 1 saturated heterocycles. The lowest BCUT2D eigenvalue weighted by atomic mass is 9.96. The van der Waals surface area contributed by atoms with Crippen LogP contribution in [0.15, 0.2) is 109 Å². The molecular formula is C36H39N3O3. The van der Waals surface area contributed by atoms with Crippen molar-refractivity contribution in [3.05, 3.63) is 126 Å². The lowest BCUT2D eigenvalue weighted by Gasteiger charge is -2.39. The molecule has 0 unspecified atom stereocenters. The van der Waals surface area contributed by atoms with Crippen molar-refractivity contribution in [1.29, 1.82) is 0 Å². The van der Waals surface area contributed by atoms with E-state index in [-0.39, 0.29) is 11.8 Å². The standard InChI is InChI=1S/C36H39N3O3/c37-23-9-3-8-14-34-35(40)38-33(24-27-17-21-32(22-18-27)42-26-29-10-4-1-5-11-29)36(41)39(34)25-28-15-19-31(20-16-28)30-12-6-2-7-13-30/h1-2,4-7,10-13,15-22,33-34H,3,8-9,14,23-26,37H2,(H,38,40)/t33-,34-/m0/s1. The van der Waals surface area contributed by atoms with E-state index < -0.39 is 12.1 Å². The number of ether oxygens (including phenoxy) is 1. The summed E-state index contributed by atoms with van der Waals surface area (Å²) < 4.78 is 5.91. The van der Waals surface area contributed by atoms with Crippen molar-refractivity contribution in [3.8, 4) is 16.9 Å². The van der Waals surface area contributed by atoms with Crippen LogP contribution < -0.4 is 15.8 Å². The summed E-state index contributed by atoms with van der Waals surface area (Å²) in [6, 6.07) is 35.1. The number of piperazine rings is 1. The van der Waals surface area contributed by atoms with E-state index in [1.165, 1.54) is 0 Å². The zero-order valence-corrected chi connectivity index (χ0v) is 24.0. The van der Waals surface area contributed by atoms with Crippen LogP contribution in [-0.2, 0) is 29.2 Å². The third-order valence-electron chi connectivity index (χ3n) is 7.78. The van der Waals surface area contributed by atoms with Crippen molar-refractivity contribution in [3.63, 3.8) is 0 Å². The number of nitrogens with zero attached hydrogens (tertiary/aromatic N) is 1. The summed E-state index contributed by atoms with van der Waals surface area (Å²) in [5.41, 5.74) is 11.0. The molecule has 216 valence electrons. The third kappa shape index (κ3) is 7.65. The molecule has 1 aliphatic heterocycles. The topological polar surface area (TPSA) is 84.7 Å². The van der Waals surface area contributed by atoms with Gasteiger partial charge in [-0.05, 0) is 59.3 Å². The van der Waals surface area contributed by atoms with E-state index in [9.17, 15) is 9.59 Å². The molecule has 4 aromatic rings. The number of unbranched alkanes of at least 4 members (excludes halogenated alkanes) is 2. The Morgan fingerprint density at radius 1 is 0.690 bits per heavy atom. The van der Waals surface area contributed by atoms with Crippen molar-refractivity contribution in [2.45, 2.75) is 57.3 Å². The molecule has 0 bridgehead atoms. The third-order valence-corrected chi connectivity index (χ3v) is 7.78. The first-order valence-electron chi connectivity index (χ1n) is 14.8. The number of nitrogens with two attached hydrogens (primary N) is 1. The van der Waals surface area contributed by atoms with Crippen molar-refractivity contribution in [2.75, 3.05) is 6.54 Å². The van der Waals surface area contributed by atoms with Gasteiger partial charge in [-0.1, -0.05) is 110 Å². The quantitative estimate of drug-likeness (QED) is 0.199. The Bertz CT molecular complexity index is 1420. The molecule has 2 amide bonds. The van der Waals surface area contributed by atoms with Gasteiger partial charge in [0.05, 0.1) is 0 Å². The van der Waals surface area contributed by atoms with Gasteiger partial charge in [-0.25, -0.2) is 0 Å². The Morgan fingerprint density at radius 2 is 1.33 bits per heavy atom. The molecule has 1 heterocycles. The Hall–Kier alpha value is -4.42. The highest BCUT2D eigenvalue weighted by Crippen LogP contribution is 2.24. The molecule has 6 nitrogen and oxygen atoms in total. The second-order valence-electron chi connectivity index (χ2n) is 10.9. The van der Waals surface area contributed by atoms with Gasteiger partial charge in [-0.2, -0.15) is 0 Å². The summed E-state index contributed by atoms with van der Waals surface area (Å²) in [6.07, 6.45) is 3.75. The Labute approximate surface area is 248 Å². The summed E-state index contributed by atoms with van der Waals surface area (Å²) in [7, 11) is 0. The van der Waals surface area contributed by atoms with Crippen LogP contribution >= 0.6 is 0 Å². The molecule has 0 aromatic heterocycles. The SMILES string of the molecule is NCCCCC[C@H]1C(=O)N[C@@H](Cc2ccc(OCc3ccccc3)cc2)C(=O)N1Cc1ccc(-c2ccccc2)cc1. The highest BCUT2D eigenvalue weighted by molar-refractivity contribution is 5.97. The number of carbonyl (C=O) groups is 2. The van der Waals surface area contributed by atoms with Gasteiger partial charge in [0.1, 0.15) is 24.4 Å². The van der Waals surface area contributed by atoms with E-state index >= 15 is 0 Å². The average Bonchev–Trinajstić information content (AvgIpc) is 3.03. The number of carbonyl (C=O) groups excluding carboxylic acids is 2. The number of hydrogen-bond donors (Lipinski definition) is 2. The lowest BCUT2D eigenvalue weighted by molar-refractivity contribution is -0.150. The zero-order chi connectivity index (χ0) is 29.1. The van der Waals surface area contributed by atoms with Crippen LogP contribution in [0.25, 0.3) is 11.1 Å². The molecule has 3 N–H and O–H groups in total. The van der Waals surface area contributed by atoms with Crippen LogP contribution in [0.1, 0.15) is 42.4 Å². The fraction of sp³-hybridized carbons (Fsp3) is 0.278. The lowest BCUT2D eigenvalue weighted by Crippen LogP contribution is -2.63. The monoisotopic (exact) mass is 561 g/mol. The molecule has 4 aromatic carbocycles. The molecule has 0 aliphatic carbocycles. The highest BCUT2D eigenvalue weighted by atomic mass is 16.5. The molecule has 0 spiro atoms. The van der Waals surface area contributed by atoms with Gasteiger partial charge in [-0.15, -0.1) is 0 Å². The van der Waals surface area contributed by atoms with E-state index in [0.29, 0.717) is 32.5 Å². The van der Waals surface area contributed by atoms with Crippen LogP contribution in [0, 0.1) is 0 Å². The minimum absolute atomic E-state index is 0.0463. The Balaban J connectivity index is 1.27. The second kappa shape index (κ2) is 14.5. The van der Waals surface area contributed by atoms with E-state index in [4.69, 9.17) is 10.5 Å².